The molecule has 0 aliphatic carbocycles. The number of hydrogen-bond acceptors (Lipinski definition) is 30. The molecule has 4 aromatic carbocycles. The monoisotopic (exact) mass is 1540 g/mol. The molecule has 0 aliphatic rings. The summed E-state index contributed by atoms with van der Waals surface area (Å²) in [4.78, 5) is 39.7. The van der Waals surface area contributed by atoms with Crippen molar-refractivity contribution in [1.29, 1.82) is 0 Å². The van der Waals surface area contributed by atoms with Crippen molar-refractivity contribution < 1.29 is 127 Å². The SMILES string of the molecule is COCCOCC(CN(CC(COCCOC)OCCOC)CN(CC(COCCOCCOS(=O)(=O)c1ccc(C)cc1)OOCCCCOS(=O)(=O)c1ccc(C)cc1)CC(COOCCCCOS(=O)(=O)c1ccc(C)cc1)OOCCCCOS(=O)(=O)c1ccc(C)cc1)OCCOC. The van der Waals surface area contributed by atoms with Crippen molar-refractivity contribution in [3.63, 3.8) is 0 Å². The summed E-state index contributed by atoms with van der Waals surface area (Å²) in [7, 11) is -9.82. The molecule has 34 heteroatoms. The van der Waals surface area contributed by atoms with E-state index >= 15 is 0 Å². The predicted molar refractivity (Wildman–Crippen MR) is 377 cm³/mol. The number of unbranched alkanes of at least 4 members (excludes halogenated alkanes) is 3. The van der Waals surface area contributed by atoms with Crippen LogP contribution in [-0.2, 0) is 134 Å². The molecule has 4 aromatic rings. The summed E-state index contributed by atoms with van der Waals surface area (Å²) in [5, 5.41) is 0. The largest absolute Gasteiger partial charge is 0.382 e. The van der Waals surface area contributed by atoms with Crippen LogP contribution in [0.15, 0.2) is 117 Å². The van der Waals surface area contributed by atoms with Gasteiger partial charge in [-0.1, -0.05) is 70.8 Å². The maximum Gasteiger partial charge on any atom is 0.297 e. The van der Waals surface area contributed by atoms with Crippen LogP contribution in [0.2, 0.25) is 0 Å². The summed E-state index contributed by atoms with van der Waals surface area (Å²) in [6.07, 6.45) is -1.17. The van der Waals surface area contributed by atoms with Gasteiger partial charge in [0, 0.05) is 54.6 Å². The van der Waals surface area contributed by atoms with E-state index in [1.54, 1.807) is 77.0 Å². The second-order valence-corrected chi connectivity index (χ2v) is 30.1. The van der Waals surface area contributed by atoms with Crippen molar-refractivity contribution in [3.05, 3.63) is 119 Å². The van der Waals surface area contributed by atoms with Gasteiger partial charge in [0.25, 0.3) is 40.5 Å². The Kier molecular flexibility index (Phi) is 47.4. The maximum atomic E-state index is 13.0. The van der Waals surface area contributed by atoms with Crippen molar-refractivity contribution in [1.82, 2.24) is 9.80 Å². The van der Waals surface area contributed by atoms with Crippen LogP contribution in [0, 0.1) is 27.7 Å². The average Bonchev–Trinajstić information content (AvgIpc) is 0.986. The molecule has 0 amide bonds. The molecule has 0 saturated heterocycles. The lowest BCUT2D eigenvalue weighted by molar-refractivity contribution is -0.369. The van der Waals surface area contributed by atoms with Gasteiger partial charge in [-0.25, -0.2) is 29.3 Å². The van der Waals surface area contributed by atoms with E-state index in [4.69, 9.17) is 93.4 Å². The maximum absolute atomic E-state index is 13.0. The molecule has 0 N–H and O–H groups in total. The number of ether oxygens (including phenoxy) is 10. The molecule has 0 heterocycles. The van der Waals surface area contributed by atoms with Crippen molar-refractivity contribution in [2.24, 2.45) is 0 Å². The predicted octanol–water partition coefficient (Wildman–Crippen LogP) is 6.75. The number of nitrogens with zero attached hydrogens (tertiary/aromatic N) is 2. The summed E-state index contributed by atoms with van der Waals surface area (Å²) in [5.74, 6) is 0. The van der Waals surface area contributed by atoms with Crippen LogP contribution in [0.4, 0.5) is 0 Å². The molecule has 4 atom stereocenters. The zero-order chi connectivity index (χ0) is 74.9. The fourth-order valence-electron chi connectivity index (χ4n) is 9.15. The third kappa shape index (κ3) is 41.1. The molecule has 0 aliphatic heterocycles. The van der Waals surface area contributed by atoms with E-state index in [1.807, 2.05) is 32.6 Å². The van der Waals surface area contributed by atoms with Gasteiger partial charge < -0.3 is 47.4 Å². The second-order valence-electron chi connectivity index (χ2n) is 23.7. The van der Waals surface area contributed by atoms with E-state index < -0.39 is 64.9 Å². The summed E-state index contributed by atoms with van der Waals surface area (Å²) in [6.45, 7) is 9.52. The lowest BCUT2D eigenvalue weighted by Crippen LogP contribution is -2.52. The summed E-state index contributed by atoms with van der Waals surface area (Å²) < 4.78 is 183. The molecule has 0 bridgehead atoms. The average molecular weight is 1540 g/mol. The van der Waals surface area contributed by atoms with E-state index in [0.717, 1.165) is 22.3 Å². The molecule has 103 heavy (non-hydrogen) atoms. The molecular weight excluding hydrogens is 1430 g/mol. The lowest BCUT2D eigenvalue weighted by atomic mass is 10.2. The summed E-state index contributed by atoms with van der Waals surface area (Å²) in [5.41, 5.74) is 3.57. The number of aryl methyl sites for hydroxylation is 4. The van der Waals surface area contributed by atoms with Gasteiger partial charge in [-0.15, -0.1) is 0 Å². The molecular formula is C69H110N2O28S4. The van der Waals surface area contributed by atoms with Crippen LogP contribution in [-0.4, -0.2) is 275 Å². The van der Waals surface area contributed by atoms with Crippen LogP contribution in [0.1, 0.15) is 60.8 Å². The Hall–Kier alpha value is -4.20. The van der Waals surface area contributed by atoms with E-state index in [-0.39, 0.29) is 197 Å². The van der Waals surface area contributed by atoms with Gasteiger partial charge in [-0.2, -0.15) is 33.7 Å². The Balaban J connectivity index is 1.67. The van der Waals surface area contributed by atoms with Gasteiger partial charge in [-0.05, 0) is 115 Å². The molecule has 0 saturated carbocycles. The van der Waals surface area contributed by atoms with Gasteiger partial charge in [0.05, 0.1) is 177 Å². The highest BCUT2D eigenvalue weighted by atomic mass is 32.2. The number of rotatable bonds is 66. The molecule has 30 nitrogen and oxygen atoms in total. The zero-order valence-electron chi connectivity index (χ0n) is 60.8. The molecule has 0 radical (unpaired) electrons. The Morgan fingerprint density at radius 2 is 0.553 bits per heavy atom. The normalized spacial score (nSPS) is 13.7. The third-order valence-electron chi connectivity index (χ3n) is 14.7. The minimum Gasteiger partial charge on any atom is -0.382 e. The summed E-state index contributed by atoms with van der Waals surface area (Å²) >= 11 is 0. The Bertz CT molecular complexity index is 3060. The van der Waals surface area contributed by atoms with Gasteiger partial charge in [0.1, 0.15) is 18.8 Å². The highest BCUT2D eigenvalue weighted by Gasteiger charge is 2.29. The van der Waals surface area contributed by atoms with Gasteiger partial charge >= 0.3 is 0 Å². The Morgan fingerprint density at radius 3 is 0.913 bits per heavy atom. The lowest BCUT2D eigenvalue weighted by Gasteiger charge is -2.37. The molecule has 588 valence electrons. The number of benzene rings is 4. The first-order chi connectivity index (χ1) is 49.6. The third-order valence-corrected chi connectivity index (χ3v) is 20.0. The first kappa shape index (κ1) is 91.2. The van der Waals surface area contributed by atoms with E-state index in [2.05, 4.69) is 4.90 Å². The van der Waals surface area contributed by atoms with Crippen LogP contribution in [0.25, 0.3) is 0 Å². The van der Waals surface area contributed by atoms with E-state index in [1.165, 1.54) is 48.5 Å². The van der Waals surface area contributed by atoms with Crippen LogP contribution < -0.4 is 0 Å². The van der Waals surface area contributed by atoms with Crippen molar-refractivity contribution in [2.45, 2.75) is 110 Å². The Labute approximate surface area is 610 Å². The number of hydrogen-bond donors (Lipinski definition) is 0. The second kappa shape index (κ2) is 53.6. The zero-order valence-corrected chi connectivity index (χ0v) is 64.1. The Morgan fingerprint density at radius 1 is 0.282 bits per heavy atom. The quantitative estimate of drug-likeness (QED) is 0.0145. The smallest absolute Gasteiger partial charge is 0.297 e. The van der Waals surface area contributed by atoms with Crippen LogP contribution in [0.3, 0.4) is 0 Å². The molecule has 4 rings (SSSR count). The van der Waals surface area contributed by atoms with Gasteiger partial charge in [0.15, 0.2) is 0 Å². The molecule has 0 fully saturated rings. The van der Waals surface area contributed by atoms with Crippen LogP contribution >= 0.6 is 0 Å². The molecule has 4 unspecified atom stereocenters. The first-order valence-corrected chi connectivity index (χ1v) is 39.8. The topological polar surface area (TPSA) is 328 Å². The van der Waals surface area contributed by atoms with Gasteiger partial charge in [0.2, 0.25) is 0 Å². The van der Waals surface area contributed by atoms with Crippen molar-refractivity contribution in [2.75, 3.05) is 207 Å². The fraction of sp³-hybridized carbons (Fsp3) is 0.652. The molecule has 0 aromatic heterocycles. The van der Waals surface area contributed by atoms with Crippen LogP contribution in [0.5, 0.6) is 0 Å². The van der Waals surface area contributed by atoms with Crippen molar-refractivity contribution in [3.8, 4) is 0 Å². The number of methoxy groups -OCH3 is 4. The van der Waals surface area contributed by atoms with E-state index in [0.29, 0.717) is 38.9 Å². The highest BCUT2D eigenvalue weighted by Crippen LogP contribution is 2.19. The highest BCUT2D eigenvalue weighted by molar-refractivity contribution is 7.87. The van der Waals surface area contributed by atoms with Crippen molar-refractivity contribution >= 4 is 40.5 Å². The summed E-state index contributed by atoms with van der Waals surface area (Å²) in [6, 6.07) is 25.3. The van der Waals surface area contributed by atoms with Gasteiger partial charge in [-0.3, -0.25) is 26.5 Å². The molecule has 0 spiro atoms. The standard InChI is InChI=1S/C69H110N2O28S4/c1-58-15-23-66(24-16-58)100(72,73)94-34-12-9-31-90-93-56-65(99-92-33-11-14-36-96-102(76,77)68-27-19-60(3)20-28-68)52-71(57-70(49-62(88-46-39-82-7)53-85-41-37-80-5)50-63(89-47-40-83-8)54-86-42-38-81-6)51-64(98-91-32-10-13-35-95-101(74,75)67-25-17-59(2)18-26-67)55-87-44-43-84-45-48-97-103(78,79)69-29-21-61(4)22-30-69/h15-30,62-65H,9-14,31-57H2,1-8H3. The first-order valence-electron chi connectivity index (χ1n) is 34.2. The minimum absolute atomic E-state index is 0.000657. The fourth-order valence-corrected chi connectivity index (χ4v) is 12.9. The van der Waals surface area contributed by atoms with E-state index in [9.17, 15) is 33.7 Å². The minimum atomic E-state index is -4.04.